The minimum absolute atomic E-state index is 0.0151. The second-order valence-corrected chi connectivity index (χ2v) is 5.02. The molecule has 0 aliphatic heterocycles. The van der Waals surface area contributed by atoms with Gasteiger partial charge >= 0.3 is 0 Å². The highest BCUT2D eigenvalue weighted by molar-refractivity contribution is 5.79. The molecule has 0 spiro atoms. The zero-order chi connectivity index (χ0) is 13.1. The standard InChI is InChI=1S/C14H19FN2O/c1-9(12-4-2-3-5-13(12)15)17-14(18)10-6-7-11(16)8-10/h2-5,9-11H,6-8,16H2,1H3,(H,17,18)/t9-,10?,11?/m1/s1. The summed E-state index contributed by atoms with van der Waals surface area (Å²) in [4.78, 5) is 12.0. The van der Waals surface area contributed by atoms with Crippen LogP contribution in [0.3, 0.4) is 0 Å². The summed E-state index contributed by atoms with van der Waals surface area (Å²) < 4.78 is 13.6. The van der Waals surface area contributed by atoms with Crippen LogP contribution in [0.4, 0.5) is 4.39 Å². The van der Waals surface area contributed by atoms with Crippen molar-refractivity contribution in [1.82, 2.24) is 5.32 Å². The van der Waals surface area contributed by atoms with Crippen LogP contribution in [0.2, 0.25) is 0 Å². The highest BCUT2D eigenvalue weighted by atomic mass is 19.1. The van der Waals surface area contributed by atoms with Crippen molar-refractivity contribution >= 4 is 5.91 Å². The van der Waals surface area contributed by atoms with Crippen LogP contribution in [0, 0.1) is 11.7 Å². The van der Waals surface area contributed by atoms with Gasteiger partial charge in [0.2, 0.25) is 5.91 Å². The van der Waals surface area contributed by atoms with Crippen LogP contribution in [0.15, 0.2) is 24.3 Å². The Morgan fingerprint density at radius 1 is 1.44 bits per heavy atom. The van der Waals surface area contributed by atoms with Gasteiger partial charge in [0.1, 0.15) is 5.82 Å². The largest absolute Gasteiger partial charge is 0.349 e. The Morgan fingerprint density at radius 2 is 2.17 bits per heavy atom. The fourth-order valence-corrected chi connectivity index (χ4v) is 2.49. The van der Waals surface area contributed by atoms with Gasteiger partial charge in [-0.05, 0) is 32.3 Å². The highest BCUT2D eigenvalue weighted by Crippen LogP contribution is 2.25. The van der Waals surface area contributed by atoms with Crippen LogP contribution < -0.4 is 11.1 Å². The first kappa shape index (κ1) is 13.0. The zero-order valence-electron chi connectivity index (χ0n) is 10.5. The number of carbonyl (C=O) groups excluding carboxylic acids is 1. The smallest absolute Gasteiger partial charge is 0.223 e. The molecule has 1 fully saturated rings. The molecular formula is C14H19FN2O. The van der Waals surface area contributed by atoms with E-state index in [1.54, 1.807) is 25.1 Å². The van der Waals surface area contributed by atoms with Gasteiger partial charge in [0, 0.05) is 17.5 Å². The molecule has 1 aliphatic carbocycles. The molecule has 0 aromatic heterocycles. The second-order valence-electron chi connectivity index (χ2n) is 5.02. The maximum Gasteiger partial charge on any atom is 0.223 e. The number of halogens is 1. The van der Waals surface area contributed by atoms with E-state index in [-0.39, 0.29) is 29.7 Å². The van der Waals surface area contributed by atoms with Gasteiger partial charge in [0.05, 0.1) is 6.04 Å². The first-order valence-corrected chi connectivity index (χ1v) is 6.38. The number of hydrogen-bond donors (Lipinski definition) is 2. The first-order valence-electron chi connectivity index (χ1n) is 6.38. The number of hydrogen-bond acceptors (Lipinski definition) is 2. The van der Waals surface area contributed by atoms with Gasteiger partial charge in [-0.15, -0.1) is 0 Å². The van der Waals surface area contributed by atoms with E-state index in [0.29, 0.717) is 5.56 Å². The van der Waals surface area contributed by atoms with Gasteiger partial charge in [0.15, 0.2) is 0 Å². The van der Waals surface area contributed by atoms with E-state index in [2.05, 4.69) is 5.32 Å². The van der Waals surface area contributed by atoms with Crippen molar-refractivity contribution in [1.29, 1.82) is 0 Å². The van der Waals surface area contributed by atoms with Crippen molar-refractivity contribution in [2.75, 3.05) is 0 Å². The molecule has 3 nitrogen and oxygen atoms in total. The van der Waals surface area contributed by atoms with Gasteiger partial charge in [-0.1, -0.05) is 18.2 Å². The number of amides is 1. The minimum Gasteiger partial charge on any atom is -0.349 e. The van der Waals surface area contributed by atoms with E-state index in [4.69, 9.17) is 5.73 Å². The molecule has 18 heavy (non-hydrogen) atoms. The van der Waals surface area contributed by atoms with Gasteiger partial charge in [-0.25, -0.2) is 4.39 Å². The molecule has 1 saturated carbocycles. The van der Waals surface area contributed by atoms with Crippen LogP contribution >= 0.6 is 0 Å². The molecule has 3 atom stereocenters. The summed E-state index contributed by atoms with van der Waals surface area (Å²) in [6.07, 6.45) is 2.46. The lowest BCUT2D eigenvalue weighted by atomic mass is 10.0. The number of benzene rings is 1. The van der Waals surface area contributed by atoms with Gasteiger partial charge in [0.25, 0.3) is 0 Å². The summed E-state index contributed by atoms with van der Waals surface area (Å²) in [6, 6.07) is 6.33. The summed E-state index contributed by atoms with van der Waals surface area (Å²) in [7, 11) is 0. The lowest BCUT2D eigenvalue weighted by molar-refractivity contribution is -0.125. The number of rotatable bonds is 3. The highest BCUT2D eigenvalue weighted by Gasteiger charge is 2.28. The van der Waals surface area contributed by atoms with Crippen LogP contribution in [0.1, 0.15) is 37.8 Å². The van der Waals surface area contributed by atoms with Crippen LogP contribution in [0.5, 0.6) is 0 Å². The summed E-state index contributed by atoms with van der Waals surface area (Å²) in [5, 5.41) is 2.86. The second kappa shape index (κ2) is 5.48. The minimum atomic E-state index is -0.310. The number of nitrogens with one attached hydrogen (secondary N) is 1. The Bertz CT molecular complexity index is 436. The Balaban J connectivity index is 1.97. The average molecular weight is 250 g/mol. The van der Waals surface area contributed by atoms with Crippen molar-refractivity contribution in [2.45, 2.75) is 38.3 Å². The fourth-order valence-electron chi connectivity index (χ4n) is 2.49. The van der Waals surface area contributed by atoms with E-state index in [9.17, 15) is 9.18 Å². The Morgan fingerprint density at radius 3 is 2.78 bits per heavy atom. The average Bonchev–Trinajstić information content (AvgIpc) is 2.76. The summed E-state index contributed by atoms with van der Waals surface area (Å²) >= 11 is 0. The van der Waals surface area contributed by atoms with E-state index in [1.165, 1.54) is 6.07 Å². The molecular weight excluding hydrogens is 231 g/mol. The van der Waals surface area contributed by atoms with Crippen molar-refractivity contribution in [3.63, 3.8) is 0 Å². The maximum atomic E-state index is 13.6. The lowest BCUT2D eigenvalue weighted by Gasteiger charge is -2.18. The Kier molecular flexibility index (Phi) is 3.97. The predicted octanol–water partition coefficient (Wildman–Crippen LogP) is 2.13. The van der Waals surface area contributed by atoms with Crippen molar-refractivity contribution in [3.8, 4) is 0 Å². The molecule has 1 aliphatic rings. The summed E-state index contributed by atoms with van der Waals surface area (Å²) in [5.74, 6) is -0.318. The van der Waals surface area contributed by atoms with Crippen LogP contribution in [-0.2, 0) is 4.79 Å². The van der Waals surface area contributed by atoms with Crippen molar-refractivity contribution in [3.05, 3.63) is 35.6 Å². The number of carbonyl (C=O) groups is 1. The first-order chi connectivity index (χ1) is 8.58. The van der Waals surface area contributed by atoms with Crippen molar-refractivity contribution in [2.24, 2.45) is 11.7 Å². The molecule has 1 aromatic rings. The Labute approximate surface area is 107 Å². The molecule has 1 aromatic carbocycles. The molecule has 0 saturated heterocycles. The quantitative estimate of drug-likeness (QED) is 0.863. The Hall–Kier alpha value is -1.42. The summed E-state index contributed by atoms with van der Waals surface area (Å²) in [5.41, 5.74) is 6.31. The fraction of sp³-hybridized carbons (Fsp3) is 0.500. The third-order valence-electron chi connectivity index (χ3n) is 3.57. The molecule has 2 unspecified atom stereocenters. The predicted molar refractivity (Wildman–Crippen MR) is 68.3 cm³/mol. The molecule has 2 rings (SSSR count). The van der Waals surface area contributed by atoms with E-state index < -0.39 is 0 Å². The van der Waals surface area contributed by atoms with Crippen LogP contribution in [-0.4, -0.2) is 11.9 Å². The zero-order valence-corrected chi connectivity index (χ0v) is 10.5. The lowest BCUT2D eigenvalue weighted by Crippen LogP contribution is -2.32. The topological polar surface area (TPSA) is 55.1 Å². The monoisotopic (exact) mass is 250 g/mol. The molecule has 0 radical (unpaired) electrons. The molecule has 4 heteroatoms. The van der Waals surface area contributed by atoms with Gasteiger partial charge in [-0.3, -0.25) is 4.79 Å². The third kappa shape index (κ3) is 2.88. The summed E-state index contributed by atoms with van der Waals surface area (Å²) in [6.45, 7) is 1.80. The SMILES string of the molecule is C[C@@H](NC(=O)C1CCC(N)C1)c1ccccc1F. The molecule has 0 heterocycles. The third-order valence-corrected chi connectivity index (χ3v) is 3.57. The van der Waals surface area contributed by atoms with E-state index in [1.807, 2.05) is 0 Å². The normalized spacial score (nSPS) is 24.8. The van der Waals surface area contributed by atoms with E-state index in [0.717, 1.165) is 19.3 Å². The van der Waals surface area contributed by atoms with Gasteiger partial charge < -0.3 is 11.1 Å². The van der Waals surface area contributed by atoms with Crippen molar-refractivity contribution < 1.29 is 9.18 Å². The molecule has 1 amide bonds. The molecule has 3 N–H and O–H groups in total. The van der Waals surface area contributed by atoms with Crippen LogP contribution in [0.25, 0.3) is 0 Å². The maximum absolute atomic E-state index is 13.6. The molecule has 0 bridgehead atoms. The molecule has 98 valence electrons. The van der Waals surface area contributed by atoms with E-state index >= 15 is 0 Å². The number of nitrogens with two attached hydrogens (primary N) is 1. The van der Waals surface area contributed by atoms with Gasteiger partial charge in [-0.2, -0.15) is 0 Å².